The van der Waals surface area contributed by atoms with Crippen LogP contribution >= 0.6 is 0 Å². The van der Waals surface area contributed by atoms with Gasteiger partial charge in [0.1, 0.15) is 5.75 Å². The molecular formula is C24H36O4. The molecule has 0 amide bonds. The zero-order valence-electron chi connectivity index (χ0n) is 18.0. The number of carbonyl (C=O) groups excluding carboxylic acids is 1. The molecule has 4 nitrogen and oxygen atoms in total. The quantitative estimate of drug-likeness (QED) is 0.521. The van der Waals surface area contributed by atoms with E-state index in [0.717, 1.165) is 48.1 Å². The summed E-state index contributed by atoms with van der Waals surface area (Å²) in [6.45, 7) is 10.4. The fraction of sp³-hybridized carbons (Fsp3) is 0.542. The third kappa shape index (κ3) is 7.61. The van der Waals surface area contributed by atoms with Gasteiger partial charge < -0.3 is 14.6 Å². The molecule has 1 saturated carbocycles. The van der Waals surface area contributed by atoms with E-state index in [1.54, 1.807) is 14.2 Å². The molecule has 4 heteroatoms. The van der Waals surface area contributed by atoms with Gasteiger partial charge in [-0.05, 0) is 61.8 Å². The van der Waals surface area contributed by atoms with Crippen LogP contribution in [-0.2, 0) is 16.1 Å². The average molecular weight is 389 g/mol. The molecule has 0 bridgehead atoms. The minimum atomic E-state index is -0.108. The minimum absolute atomic E-state index is 0.0262. The molecule has 0 aliphatic heterocycles. The molecule has 1 aliphatic carbocycles. The van der Waals surface area contributed by atoms with Gasteiger partial charge in [0.05, 0.1) is 25.7 Å². The number of ether oxygens (including phenoxy) is 2. The van der Waals surface area contributed by atoms with Crippen LogP contribution in [0.2, 0.25) is 0 Å². The number of hydrogen-bond acceptors (Lipinski definition) is 4. The molecule has 28 heavy (non-hydrogen) atoms. The monoisotopic (exact) mass is 388 g/mol. The predicted molar refractivity (Wildman–Crippen MR) is 114 cm³/mol. The number of aliphatic hydroxyl groups excluding tert-OH is 1. The molecule has 1 aromatic carbocycles. The Morgan fingerprint density at radius 3 is 2.43 bits per heavy atom. The summed E-state index contributed by atoms with van der Waals surface area (Å²) in [6, 6.07) is 7.31. The number of rotatable bonds is 7. The van der Waals surface area contributed by atoms with Crippen molar-refractivity contribution in [3.8, 4) is 5.75 Å². The number of aliphatic hydroxyl groups is 1. The fourth-order valence-electron chi connectivity index (χ4n) is 3.25. The molecule has 0 aromatic heterocycles. The Kier molecular flexibility index (Phi) is 10.8. The third-order valence-electron chi connectivity index (χ3n) is 5.08. The highest BCUT2D eigenvalue weighted by molar-refractivity contribution is 5.99. The van der Waals surface area contributed by atoms with Gasteiger partial charge >= 0.3 is 0 Å². The van der Waals surface area contributed by atoms with Crippen molar-refractivity contribution in [2.45, 2.75) is 59.2 Å². The number of Topliss-reactive ketones (excluding diaryl/α,β-unsaturated/α-hetero) is 1. The van der Waals surface area contributed by atoms with Gasteiger partial charge in [-0.1, -0.05) is 44.2 Å². The van der Waals surface area contributed by atoms with Crippen LogP contribution in [0.15, 0.2) is 48.1 Å². The minimum Gasteiger partial charge on any atom is -0.497 e. The van der Waals surface area contributed by atoms with Gasteiger partial charge in [0.25, 0.3) is 0 Å². The Hall–Kier alpha value is -1.91. The van der Waals surface area contributed by atoms with Gasteiger partial charge in [0.15, 0.2) is 5.78 Å². The lowest BCUT2D eigenvalue weighted by atomic mass is 9.78. The molecule has 0 saturated heterocycles. The molecule has 1 aliphatic rings. The number of ketones is 1. The first-order valence-corrected chi connectivity index (χ1v) is 9.99. The maximum Gasteiger partial charge on any atom is 0.167 e. The summed E-state index contributed by atoms with van der Waals surface area (Å²) in [6.07, 6.45) is 6.10. The lowest BCUT2D eigenvalue weighted by Crippen LogP contribution is -2.36. The first-order valence-electron chi connectivity index (χ1n) is 9.99. The lowest BCUT2D eigenvalue weighted by Gasteiger charge is -2.31. The smallest absolute Gasteiger partial charge is 0.167 e. The molecule has 156 valence electrons. The highest BCUT2D eigenvalue weighted by Gasteiger charge is 2.34. The molecule has 1 N–H and O–H groups in total. The van der Waals surface area contributed by atoms with Crippen LogP contribution in [0.5, 0.6) is 5.75 Å². The molecule has 2 atom stereocenters. The van der Waals surface area contributed by atoms with Crippen molar-refractivity contribution in [2.24, 2.45) is 11.8 Å². The summed E-state index contributed by atoms with van der Waals surface area (Å²) in [5, 5.41) is 8.66. The van der Waals surface area contributed by atoms with Gasteiger partial charge in [0.2, 0.25) is 0 Å². The van der Waals surface area contributed by atoms with E-state index in [0.29, 0.717) is 5.92 Å². The Labute approximate surface area is 170 Å². The van der Waals surface area contributed by atoms with Crippen LogP contribution in [-0.4, -0.2) is 31.2 Å². The van der Waals surface area contributed by atoms with Crippen molar-refractivity contribution >= 4 is 5.78 Å². The van der Waals surface area contributed by atoms with Crippen molar-refractivity contribution in [1.82, 2.24) is 0 Å². The summed E-state index contributed by atoms with van der Waals surface area (Å²) in [5.41, 5.74) is 2.80. The topological polar surface area (TPSA) is 55.8 Å². The predicted octanol–water partition coefficient (Wildman–Crippen LogP) is 5.11. The number of methoxy groups -OCH3 is 2. The van der Waals surface area contributed by atoms with E-state index in [1.165, 1.54) is 0 Å². The molecule has 2 unspecified atom stereocenters. The van der Waals surface area contributed by atoms with E-state index in [4.69, 9.17) is 14.6 Å². The van der Waals surface area contributed by atoms with Crippen LogP contribution in [0.25, 0.3) is 0 Å². The summed E-state index contributed by atoms with van der Waals surface area (Å²) in [5.74, 6) is 1.58. The number of hydrogen-bond donors (Lipinski definition) is 1. The zero-order valence-corrected chi connectivity index (χ0v) is 18.0. The van der Waals surface area contributed by atoms with Crippen LogP contribution in [0, 0.1) is 11.8 Å². The lowest BCUT2D eigenvalue weighted by molar-refractivity contribution is -0.124. The largest absolute Gasteiger partial charge is 0.497 e. The highest BCUT2D eigenvalue weighted by Crippen LogP contribution is 2.32. The average Bonchev–Trinajstić information content (AvgIpc) is 2.70. The first-order chi connectivity index (χ1) is 13.3. The van der Waals surface area contributed by atoms with Gasteiger partial charge in [-0.2, -0.15) is 0 Å². The summed E-state index contributed by atoms with van der Waals surface area (Å²) < 4.78 is 10.4. The SMILES string of the molecule is C=C1CCC(OC)C(/C(C)=C/CCC(C)C)C1=O.COc1ccc(CO)cc1. The van der Waals surface area contributed by atoms with Crippen LogP contribution in [0.4, 0.5) is 0 Å². The summed E-state index contributed by atoms with van der Waals surface area (Å²) in [7, 11) is 3.31. The highest BCUT2D eigenvalue weighted by atomic mass is 16.5. The third-order valence-corrected chi connectivity index (χ3v) is 5.08. The molecule has 0 radical (unpaired) electrons. The Balaban J connectivity index is 0.000000330. The summed E-state index contributed by atoms with van der Waals surface area (Å²) in [4.78, 5) is 12.2. The number of allylic oxidation sites excluding steroid dienone is 2. The van der Waals surface area contributed by atoms with E-state index in [2.05, 4.69) is 26.5 Å². The van der Waals surface area contributed by atoms with Crippen molar-refractivity contribution in [2.75, 3.05) is 14.2 Å². The Morgan fingerprint density at radius 2 is 1.93 bits per heavy atom. The normalized spacial score (nSPS) is 20.0. The van der Waals surface area contributed by atoms with E-state index >= 15 is 0 Å². The number of benzene rings is 1. The van der Waals surface area contributed by atoms with E-state index in [-0.39, 0.29) is 24.4 Å². The van der Waals surface area contributed by atoms with Gasteiger partial charge in [0, 0.05) is 7.11 Å². The van der Waals surface area contributed by atoms with E-state index < -0.39 is 0 Å². The summed E-state index contributed by atoms with van der Waals surface area (Å²) >= 11 is 0. The molecule has 0 spiro atoms. The van der Waals surface area contributed by atoms with Gasteiger partial charge in [-0.15, -0.1) is 0 Å². The van der Waals surface area contributed by atoms with Crippen LogP contribution in [0.1, 0.15) is 52.0 Å². The molecular weight excluding hydrogens is 352 g/mol. The Bertz CT molecular complexity index is 620. The second kappa shape index (κ2) is 12.5. The van der Waals surface area contributed by atoms with Gasteiger partial charge in [-0.25, -0.2) is 0 Å². The molecule has 1 aromatic rings. The Morgan fingerprint density at radius 1 is 1.29 bits per heavy atom. The second-order valence-electron chi connectivity index (χ2n) is 7.68. The maximum atomic E-state index is 12.2. The molecule has 2 rings (SSSR count). The maximum absolute atomic E-state index is 12.2. The van der Waals surface area contributed by atoms with E-state index in [9.17, 15) is 4.79 Å². The first kappa shape index (κ1) is 24.1. The van der Waals surface area contributed by atoms with E-state index in [1.807, 2.05) is 31.2 Å². The van der Waals surface area contributed by atoms with Crippen molar-refractivity contribution in [1.29, 1.82) is 0 Å². The van der Waals surface area contributed by atoms with Crippen molar-refractivity contribution < 1.29 is 19.4 Å². The van der Waals surface area contributed by atoms with Gasteiger partial charge in [-0.3, -0.25) is 4.79 Å². The number of carbonyl (C=O) groups is 1. The standard InChI is InChI=1S/C16H26O2.C8H10O2/c1-11(2)7-6-8-12(3)15-14(18-5)10-9-13(4)16(15)17;1-10-8-4-2-7(6-9)3-5-8/h8,11,14-15H,4,6-7,9-10H2,1-3,5H3;2-5,9H,6H2,1H3/b12-8+;. The zero-order chi connectivity index (χ0) is 21.1. The van der Waals surface area contributed by atoms with Crippen molar-refractivity contribution in [3.05, 3.63) is 53.6 Å². The molecule has 0 heterocycles. The fourth-order valence-corrected chi connectivity index (χ4v) is 3.25. The van der Waals surface area contributed by atoms with Crippen LogP contribution < -0.4 is 4.74 Å². The second-order valence-corrected chi connectivity index (χ2v) is 7.68. The van der Waals surface area contributed by atoms with Crippen molar-refractivity contribution in [3.63, 3.8) is 0 Å². The molecule has 1 fully saturated rings. The van der Waals surface area contributed by atoms with Crippen LogP contribution in [0.3, 0.4) is 0 Å².